The molecule has 11 heteroatoms. The number of carboxylic acids is 1. The van der Waals surface area contributed by atoms with Crippen molar-refractivity contribution in [3.8, 4) is 27.4 Å². The summed E-state index contributed by atoms with van der Waals surface area (Å²) in [4.78, 5) is 19.3. The maximum Gasteiger partial charge on any atom is 0.338 e. The van der Waals surface area contributed by atoms with Crippen molar-refractivity contribution < 1.29 is 27.4 Å². The van der Waals surface area contributed by atoms with Crippen molar-refractivity contribution >= 4 is 33.0 Å². The topological polar surface area (TPSA) is 118 Å². The van der Waals surface area contributed by atoms with Crippen molar-refractivity contribution in [1.82, 2.24) is 9.97 Å². The molecule has 0 bridgehead atoms. The first-order valence-corrected chi connectivity index (χ1v) is 11.7. The Morgan fingerprint density at radius 3 is 2.33 bits per heavy atom. The predicted molar refractivity (Wildman–Crippen MR) is 122 cm³/mol. The molecule has 2 aromatic carbocycles. The van der Waals surface area contributed by atoms with Gasteiger partial charge in [-0.2, -0.15) is 8.42 Å². The van der Waals surface area contributed by atoms with Gasteiger partial charge in [0.1, 0.15) is 16.6 Å². The van der Waals surface area contributed by atoms with Crippen LogP contribution in [0.1, 0.15) is 10.4 Å². The number of aromatic carboxylic acids is 1. The average molecular weight is 486 g/mol. The van der Waals surface area contributed by atoms with Gasteiger partial charge in [-0.1, -0.05) is 24.3 Å². The number of halogens is 1. The number of carbonyl (C=O) groups is 1. The van der Waals surface area contributed by atoms with Crippen LogP contribution in [0.5, 0.6) is 5.75 Å². The molecule has 0 aliphatic rings. The van der Waals surface area contributed by atoms with Crippen LogP contribution >= 0.6 is 11.3 Å². The van der Waals surface area contributed by atoms with Crippen LogP contribution < -0.4 is 9.46 Å². The first kappa shape index (κ1) is 22.4. The lowest BCUT2D eigenvalue weighted by molar-refractivity contribution is 0.0691. The van der Waals surface area contributed by atoms with Gasteiger partial charge in [-0.15, -0.1) is 11.3 Å². The lowest BCUT2D eigenvalue weighted by atomic mass is 10.1. The zero-order valence-electron chi connectivity index (χ0n) is 17.0. The fourth-order valence-electron chi connectivity index (χ4n) is 3.03. The number of carboxylic acid groups (broad SMARTS) is 1. The van der Waals surface area contributed by atoms with Crippen LogP contribution in [0.3, 0.4) is 0 Å². The maximum absolute atomic E-state index is 14.1. The smallest absolute Gasteiger partial charge is 0.338 e. The second kappa shape index (κ2) is 8.96. The van der Waals surface area contributed by atoms with Gasteiger partial charge >= 0.3 is 5.97 Å². The van der Waals surface area contributed by atoms with Crippen molar-refractivity contribution in [2.45, 2.75) is 5.03 Å². The number of thiazole rings is 1. The van der Waals surface area contributed by atoms with Crippen LogP contribution in [-0.4, -0.2) is 36.6 Å². The van der Waals surface area contributed by atoms with Crippen LogP contribution in [0.4, 0.5) is 10.1 Å². The fraction of sp³-hybridized carbons (Fsp3) is 0.0455. The molecule has 8 nitrogen and oxygen atoms in total. The van der Waals surface area contributed by atoms with Crippen LogP contribution in [0.25, 0.3) is 21.7 Å². The molecule has 0 amide bonds. The number of sulfonamides is 1. The first-order valence-electron chi connectivity index (χ1n) is 9.38. The van der Waals surface area contributed by atoms with Crippen molar-refractivity contribution in [2.24, 2.45) is 0 Å². The van der Waals surface area contributed by atoms with Crippen LogP contribution in [-0.2, 0) is 10.0 Å². The van der Waals surface area contributed by atoms with E-state index in [0.29, 0.717) is 5.01 Å². The molecule has 0 saturated heterocycles. The third-order valence-electron chi connectivity index (χ3n) is 4.67. The molecule has 0 unspecified atom stereocenters. The predicted octanol–water partition coefficient (Wildman–Crippen LogP) is 4.52. The Labute approximate surface area is 192 Å². The highest BCUT2D eigenvalue weighted by molar-refractivity contribution is 7.92. The second-order valence-electron chi connectivity index (χ2n) is 6.75. The summed E-state index contributed by atoms with van der Waals surface area (Å²) in [6.07, 6.45) is 3.40. The summed E-state index contributed by atoms with van der Waals surface area (Å²) >= 11 is 1.14. The van der Waals surface area contributed by atoms with Crippen molar-refractivity contribution in [3.05, 3.63) is 77.7 Å². The summed E-state index contributed by atoms with van der Waals surface area (Å²) in [6.45, 7) is 0. The van der Waals surface area contributed by atoms with E-state index in [0.717, 1.165) is 40.2 Å². The molecule has 0 aliphatic heterocycles. The van der Waals surface area contributed by atoms with Gasteiger partial charge < -0.3 is 9.84 Å². The molecule has 2 aromatic heterocycles. The summed E-state index contributed by atoms with van der Waals surface area (Å²) in [6, 6.07) is 12.9. The quantitative estimate of drug-likeness (QED) is 0.395. The van der Waals surface area contributed by atoms with Gasteiger partial charge in [0, 0.05) is 29.4 Å². The van der Waals surface area contributed by atoms with Gasteiger partial charge in [-0.05, 0) is 29.3 Å². The van der Waals surface area contributed by atoms with Gasteiger partial charge in [-0.25, -0.2) is 14.2 Å². The standard InChI is InChI=1S/C22H16FN3O5S2/c1-31-19-10-16(22(27)28)17(23)11-18(19)26-33(29,30)20-12-32-21(25-20)15-4-2-13(3-5-15)14-6-8-24-9-7-14/h2-12,26H,1H3,(H,27,28). The van der Waals surface area contributed by atoms with Crippen LogP contribution in [0.15, 0.2) is 71.3 Å². The van der Waals surface area contributed by atoms with Gasteiger partial charge in [0.2, 0.25) is 0 Å². The van der Waals surface area contributed by atoms with E-state index in [1.54, 1.807) is 12.4 Å². The summed E-state index contributed by atoms with van der Waals surface area (Å²) < 4.78 is 46.9. The number of hydrogen-bond donors (Lipinski definition) is 2. The molecule has 0 spiro atoms. The van der Waals surface area contributed by atoms with E-state index >= 15 is 0 Å². The number of aromatic nitrogens is 2. The number of nitrogens with zero attached hydrogens (tertiary/aromatic N) is 2. The molecule has 0 aliphatic carbocycles. The minimum atomic E-state index is -4.19. The van der Waals surface area contributed by atoms with E-state index in [4.69, 9.17) is 9.84 Å². The Morgan fingerprint density at radius 2 is 1.70 bits per heavy atom. The second-order valence-corrected chi connectivity index (χ2v) is 9.23. The Balaban J connectivity index is 1.59. The highest BCUT2D eigenvalue weighted by Gasteiger charge is 2.23. The number of anilines is 1. The summed E-state index contributed by atoms with van der Waals surface area (Å²) in [5, 5.41) is 10.6. The maximum atomic E-state index is 14.1. The van der Waals surface area contributed by atoms with E-state index in [-0.39, 0.29) is 16.5 Å². The van der Waals surface area contributed by atoms with Gasteiger partial charge in [0.15, 0.2) is 5.03 Å². The van der Waals surface area contributed by atoms with Gasteiger partial charge in [-0.3, -0.25) is 9.71 Å². The van der Waals surface area contributed by atoms with Crippen LogP contribution in [0, 0.1) is 5.82 Å². The number of benzene rings is 2. The molecule has 0 saturated carbocycles. The molecular formula is C22H16FN3O5S2. The number of pyridine rings is 1. The molecule has 0 fully saturated rings. The average Bonchev–Trinajstić information content (AvgIpc) is 3.31. The molecule has 4 rings (SSSR count). The first-order chi connectivity index (χ1) is 15.8. The Hall–Kier alpha value is -3.83. The zero-order chi connectivity index (χ0) is 23.6. The number of ether oxygens (including phenoxy) is 1. The summed E-state index contributed by atoms with van der Waals surface area (Å²) in [5.74, 6) is -2.74. The molecule has 33 heavy (non-hydrogen) atoms. The largest absolute Gasteiger partial charge is 0.495 e. The summed E-state index contributed by atoms with van der Waals surface area (Å²) in [5.41, 5.74) is 1.83. The Kier molecular flexibility index (Phi) is 6.07. The zero-order valence-corrected chi connectivity index (χ0v) is 18.7. The van der Waals surface area contributed by atoms with Crippen molar-refractivity contribution in [1.29, 1.82) is 0 Å². The molecule has 0 radical (unpaired) electrons. The minimum absolute atomic E-state index is 0.139. The van der Waals surface area contributed by atoms with E-state index in [2.05, 4.69) is 14.7 Å². The molecule has 2 heterocycles. The van der Waals surface area contributed by atoms with Crippen LogP contribution in [0.2, 0.25) is 0 Å². The highest BCUT2D eigenvalue weighted by Crippen LogP contribution is 2.32. The Bertz CT molecular complexity index is 1420. The molecule has 0 atom stereocenters. The SMILES string of the molecule is COc1cc(C(=O)O)c(F)cc1NS(=O)(=O)c1csc(-c2ccc(-c3ccncc3)cc2)n1. The number of rotatable bonds is 7. The van der Waals surface area contributed by atoms with Gasteiger partial charge in [0.05, 0.1) is 18.4 Å². The molecular weight excluding hydrogens is 469 g/mol. The normalized spacial score (nSPS) is 11.2. The Morgan fingerprint density at radius 1 is 1.06 bits per heavy atom. The molecule has 2 N–H and O–H groups in total. The third kappa shape index (κ3) is 4.69. The highest BCUT2D eigenvalue weighted by atomic mass is 32.2. The molecule has 4 aromatic rings. The minimum Gasteiger partial charge on any atom is -0.495 e. The van der Waals surface area contributed by atoms with Crippen molar-refractivity contribution in [2.75, 3.05) is 11.8 Å². The third-order valence-corrected chi connectivity index (χ3v) is 6.96. The monoisotopic (exact) mass is 485 g/mol. The lowest BCUT2D eigenvalue weighted by Gasteiger charge is -2.12. The van der Waals surface area contributed by atoms with Crippen molar-refractivity contribution in [3.63, 3.8) is 0 Å². The van der Waals surface area contributed by atoms with Gasteiger partial charge in [0.25, 0.3) is 10.0 Å². The summed E-state index contributed by atoms with van der Waals surface area (Å²) in [7, 11) is -2.97. The van der Waals surface area contributed by atoms with E-state index < -0.39 is 27.4 Å². The number of methoxy groups -OCH3 is 1. The number of nitrogens with one attached hydrogen (secondary N) is 1. The lowest BCUT2D eigenvalue weighted by Crippen LogP contribution is -2.15. The number of hydrogen-bond acceptors (Lipinski definition) is 7. The van der Waals surface area contributed by atoms with E-state index in [1.807, 2.05) is 36.4 Å². The molecule has 168 valence electrons. The van der Waals surface area contributed by atoms with E-state index in [1.165, 1.54) is 12.5 Å². The fourth-order valence-corrected chi connectivity index (χ4v) is 5.19. The van der Waals surface area contributed by atoms with E-state index in [9.17, 15) is 17.6 Å².